The van der Waals surface area contributed by atoms with E-state index in [0.717, 1.165) is 45.4 Å². The summed E-state index contributed by atoms with van der Waals surface area (Å²) >= 11 is 0. The van der Waals surface area contributed by atoms with Gasteiger partial charge in [0, 0.05) is 32.7 Å². The number of carbonyl (C=O) groups excluding carboxylic acids is 2. The fourth-order valence-corrected chi connectivity index (χ4v) is 2.90. The lowest BCUT2D eigenvalue weighted by molar-refractivity contribution is -0.152. The molecule has 2 fully saturated rings. The third-order valence-corrected chi connectivity index (χ3v) is 4.19. The van der Waals surface area contributed by atoms with Crippen LogP contribution in [0.15, 0.2) is 0 Å². The van der Waals surface area contributed by atoms with E-state index in [1.807, 2.05) is 0 Å². The first-order valence-electron chi connectivity index (χ1n) is 7.51. The first-order valence-corrected chi connectivity index (χ1v) is 7.51. The Balaban J connectivity index is 1.92. The number of rotatable bonds is 1. The molecule has 108 valence electrons. The van der Waals surface area contributed by atoms with E-state index >= 15 is 0 Å². The molecule has 2 saturated heterocycles. The van der Waals surface area contributed by atoms with Crippen LogP contribution in [0, 0.1) is 5.92 Å². The standard InChI is InChI=1S/C14H25N3O2/c1-2-12-5-3-8-17(11-12)14(19)13(18)16-9-4-6-15-7-10-16/h12,15H,2-11H2,1H3. The molecule has 0 saturated carbocycles. The van der Waals surface area contributed by atoms with E-state index in [-0.39, 0.29) is 11.8 Å². The van der Waals surface area contributed by atoms with Gasteiger partial charge in [-0.1, -0.05) is 13.3 Å². The van der Waals surface area contributed by atoms with Crippen molar-refractivity contribution >= 4 is 11.8 Å². The molecule has 2 amide bonds. The number of piperidine rings is 1. The van der Waals surface area contributed by atoms with Crippen LogP contribution >= 0.6 is 0 Å². The molecule has 0 aromatic heterocycles. The zero-order valence-corrected chi connectivity index (χ0v) is 11.9. The van der Waals surface area contributed by atoms with Gasteiger partial charge in [0.15, 0.2) is 0 Å². The molecule has 2 heterocycles. The Morgan fingerprint density at radius 3 is 2.58 bits per heavy atom. The molecule has 1 unspecified atom stereocenters. The van der Waals surface area contributed by atoms with Crippen molar-refractivity contribution in [2.45, 2.75) is 32.6 Å². The summed E-state index contributed by atoms with van der Waals surface area (Å²) in [5, 5.41) is 3.25. The Labute approximate surface area is 115 Å². The fraction of sp³-hybridized carbons (Fsp3) is 0.857. The second-order valence-electron chi connectivity index (χ2n) is 5.56. The predicted molar refractivity (Wildman–Crippen MR) is 73.7 cm³/mol. The van der Waals surface area contributed by atoms with Crippen LogP contribution in [-0.2, 0) is 9.59 Å². The minimum atomic E-state index is -0.305. The monoisotopic (exact) mass is 267 g/mol. The van der Waals surface area contributed by atoms with Gasteiger partial charge < -0.3 is 15.1 Å². The van der Waals surface area contributed by atoms with Gasteiger partial charge in [-0.25, -0.2) is 0 Å². The summed E-state index contributed by atoms with van der Waals surface area (Å²) in [6, 6.07) is 0. The summed E-state index contributed by atoms with van der Waals surface area (Å²) in [4.78, 5) is 28.0. The highest BCUT2D eigenvalue weighted by Crippen LogP contribution is 2.19. The van der Waals surface area contributed by atoms with Crippen LogP contribution in [0.1, 0.15) is 32.6 Å². The lowest BCUT2D eigenvalue weighted by Gasteiger charge is -2.33. The maximum Gasteiger partial charge on any atom is 0.312 e. The minimum Gasteiger partial charge on any atom is -0.334 e. The zero-order chi connectivity index (χ0) is 13.7. The summed E-state index contributed by atoms with van der Waals surface area (Å²) in [5.41, 5.74) is 0. The molecule has 0 spiro atoms. The Kier molecular flexibility index (Phi) is 5.19. The maximum atomic E-state index is 12.3. The van der Waals surface area contributed by atoms with Gasteiger partial charge in [0.1, 0.15) is 0 Å². The molecule has 0 aromatic carbocycles. The van der Waals surface area contributed by atoms with Gasteiger partial charge in [-0.05, 0) is 31.7 Å². The second kappa shape index (κ2) is 6.89. The molecule has 2 rings (SSSR count). The van der Waals surface area contributed by atoms with Crippen molar-refractivity contribution in [1.29, 1.82) is 0 Å². The van der Waals surface area contributed by atoms with Crippen LogP contribution in [0.3, 0.4) is 0 Å². The largest absolute Gasteiger partial charge is 0.334 e. The minimum absolute atomic E-state index is 0.292. The highest BCUT2D eigenvalue weighted by Gasteiger charge is 2.30. The van der Waals surface area contributed by atoms with Crippen molar-refractivity contribution in [2.24, 2.45) is 5.92 Å². The van der Waals surface area contributed by atoms with Crippen molar-refractivity contribution in [3.8, 4) is 0 Å². The van der Waals surface area contributed by atoms with Gasteiger partial charge in [0.2, 0.25) is 0 Å². The molecule has 0 aliphatic carbocycles. The summed E-state index contributed by atoms with van der Waals surface area (Å²) in [5.74, 6) is -0.0307. The Bertz CT molecular complexity index is 325. The molecule has 2 aliphatic rings. The van der Waals surface area contributed by atoms with Gasteiger partial charge in [-0.3, -0.25) is 9.59 Å². The van der Waals surface area contributed by atoms with E-state index in [4.69, 9.17) is 0 Å². The fourth-order valence-electron chi connectivity index (χ4n) is 2.90. The summed E-state index contributed by atoms with van der Waals surface area (Å²) in [7, 11) is 0. The van der Waals surface area contributed by atoms with Gasteiger partial charge in [-0.15, -0.1) is 0 Å². The van der Waals surface area contributed by atoms with Crippen LogP contribution in [0.2, 0.25) is 0 Å². The van der Waals surface area contributed by atoms with Crippen LogP contribution in [-0.4, -0.2) is 60.9 Å². The van der Waals surface area contributed by atoms with Gasteiger partial charge in [0.05, 0.1) is 0 Å². The number of nitrogens with one attached hydrogen (secondary N) is 1. The van der Waals surface area contributed by atoms with Crippen LogP contribution in [0.4, 0.5) is 0 Å². The first kappa shape index (κ1) is 14.3. The van der Waals surface area contributed by atoms with Crippen LogP contribution in [0.25, 0.3) is 0 Å². The predicted octanol–water partition coefficient (Wildman–Crippen LogP) is 0.457. The molecule has 0 radical (unpaired) electrons. The van der Waals surface area contributed by atoms with E-state index in [9.17, 15) is 9.59 Å². The third kappa shape index (κ3) is 3.69. The van der Waals surface area contributed by atoms with E-state index in [2.05, 4.69) is 12.2 Å². The number of nitrogens with zero attached hydrogens (tertiary/aromatic N) is 2. The summed E-state index contributed by atoms with van der Waals surface area (Å²) < 4.78 is 0. The van der Waals surface area contributed by atoms with Gasteiger partial charge in [0.25, 0.3) is 0 Å². The lowest BCUT2D eigenvalue weighted by atomic mass is 9.95. The number of carbonyl (C=O) groups is 2. The van der Waals surface area contributed by atoms with E-state index in [1.165, 1.54) is 6.42 Å². The lowest BCUT2D eigenvalue weighted by Crippen LogP contribution is -2.49. The Hall–Kier alpha value is -1.10. The van der Waals surface area contributed by atoms with Crippen molar-refractivity contribution in [3.63, 3.8) is 0 Å². The topological polar surface area (TPSA) is 52.7 Å². The highest BCUT2D eigenvalue weighted by atomic mass is 16.2. The van der Waals surface area contributed by atoms with Crippen molar-refractivity contribution in [3.05, 3.63) is 0 Å². The highest BCUT2D eigenvalue weighted by molar-refractivity contribution is 6.34. The van der Waals surface area contributed by atoms with E-state index < -0.39 is 0 Å². The van der Waals surface area contributed by atoms with Crippen LogP contribution in [0.5, 0.6) is 0 Å². The third-order valence-electron chi connectivity index (χ3n) is 4.19. The van der Waals surface area contributed by atoms with Crippen molar-refractivity contribution < 1.29 is 9.59 Å². The van der Waals surface area contributed by atoms with Crippen molar-refractivity contribution in [1.82, 2.24) is 15.1 Å². The number of hydrogen-bond acceptors (Lipinski definition) is 3. The molecule has 0 bridgehead atoms. The smallest absolute Gasteiger partial charge is 0.312 e. The van der Waals surface area contributed by atoms with Gasteiger partial charge in [-0.2, -0.15) is 0 Å². The van der Waals surface area contributed by atoms with E-state index in [1.54, 1.807) is 9.80 Å². The molecule has 2 aliphatic heterocycles. The normalized spacial score (nSPS) is 25.0. The number of amides is 2. The Morgan fingerprint density at radius 2 is 1.79 bits per heavy atom. The SMILES string of the molecule is CCC1CCCN(C(=O)C(=O)N2CCCNCC2)C1. The molecule has 0 aromatic rings. The molecule has 19 heavy (non-hydrogen) atoms. The molecule has 1 N–H and O–H groups in total. The second-order valence-corrected chi connectivity index (χ2v) is 5.56. The van der Waals surface area contributed by atoms with E-state index in [0.29, 0.717) is 19.0 Å². The average molecular weight is 267 g/mol. The molecular weight excluding hydrogens is 242 g/mol. The van der Waals surface area contributed by atoms with Gasteiger partial charge >= 0.3 is 11.8 Å². The number of likely N-dealkylation sites (tertiary alicyclic amines) is 1. The summed E-state index contributed by atoms with van der Waals surface area (Å²) in [6.07, 6.45) is 4.23. The zero-order valence-electron chi connectivity index (χ0n) is 11.9. The maximum absolute atomic E-state index is 12.3. The molecule has 5 nitrogen and oxygen atoms in total. The average Bonchev–Trinajstić information content (AvgIpc) is 2.75. The van der Waals surface area contributed by atoms with Crippen molar-refractivity contribution in [2.75, 3.05) is 39.3 Å². The van der Waals surface area contributed by atoms with Crippen LogP contribution < -0.4 is 5.32 Å². The first-order chi connectivity index (χ1) is 9.22. The molecule has 5 heteroatoms. The summed E-state index contributed by atoms with van der Waals surface area (Å²) in [6.45, 7) is 6.72. The molecule has 1 atom stereocenters. The number of hydrogen-bond donors (Lipinski definition) is 1. The molecular formula is C14H25N3O2. The Morgan fingerprint density at radius 1 is 1.05 bits per heavy atom. The quantitative estimate of drug-likeness (QED) is 0.702.